The van der Waals surface area contributed by atoms with Crippen molar-refractivity contribution in [3.05, 3.63) is 11.7 Å². The minimum atomic E-state index is -3.02. The number of nitrogens with one attached hydrogen (secondary N) is 1. The van der Waals surface area contributed by atoms with Crippen molar-refractivity contribution < 1.29 is 17.7 Å². The molecule has 1 aliphatic rings. The lowest BCUT2D eigenvalue weighted by Crippen LogP contribution is -2.48. The summed E-state index contributed by atoms with van der Waals surface area (Å²) in [4.78, 5) is 18.5. The van der Waals surface area contributed by atoms with Gasteiger partial charge in [-0.1, -0.05) is 25.9 Å². The number of carbonyl (C=O) groups excluding carboxylic acids is 1. The van der Waals surface area contributed by atoms with Crippen molar-refractivity contribution in [3.8, 4) is 0 Å². The minimum absolute atomic E-state index is 0.0378. The number of nitrogens with zero attached hydrogens (tertiary/aromatic N) is 3. The number of sulfone groups is 1. The molecule has 0 radical (unpaired) electrons. The van der Waals surface area contributed by atoms with Crippen LogP contribution in [0.25, 0.3) is 0 Å². The van der Waals surface area contributed by atoms with Crippen molar-refractivity contribution in [2.24, 2.45) is 0 Å². The van der Waals surface area contributed by atoms with E-state index in [9.17, 15) is 13.2 Å². The molecular formula is C16H28N4O4S. The highest BCUT2D eigenvalue weighted by Crippen LogP contribution is 2.21. The van der Waals surface area contributed by atoms with Crippen LogP contribution in [0.2, 0.25) is 0 Å². The fourth-order valence-corrected chi connectivity index (χ4v) is 4.57. The molecule has 1 N–H and O–H groups in total. The Morgan fingerprint density at radius 3 is 2.48 bits per heavy atom. The summed E-state index contributed by atoms with van der Waals surface area (Å²) in [5.74, 6) is 1.07. The lowest BCUT2D eigenvalue weighted by atomic mass is 9.96. The molecule has 2 rings (SSSR count). The van der Waals surface area contributed by atoms with Crippen LogP contribution in [0, 0.1) is 0 Å². The zero-order chi connectivity index (χ0) is 19.0. The van der Waals surface area contributed by atoms with Crippen molar-refractivity contribution in [1.82, 2.24) is 20.4 Å². The highest BCUT2D eigenvalue weighted by atomic mass is 32.2. The van der Waals surface area contributed by atoms with Gasteiger partial charge in [-0.25, -0.2) is 8.42 Å². The largest absolute Gasteiger partial charge is 0.340 e. The van der Waals surface area contributed by atoms with E-state index in [-0.39, 0.29) is 34.9 Å². The number of likely N-dealkylation sites (N-methyl/N-ethyl adjacent to an activating group) is 1. The van der Waals surface area contributed by atoms with E-state index < -0.39 is 15.9 Å². The summed E-state index contributed by atoms with van der Waals surface area (Å²) >= 11 is 0. The Morgan fingerprint density at radius 2 is 2.00 bits per heavy atom. The molecule has 8 nitrogen and oxygen atoms in total. The molecule has 0 spiro atoms. The number of hydrogen-bond donors (Lipinski definition) is 1. The maximum absolute atomic E-state index is 12.6. The van der Waals surface area contributed by atoms with Gasteiger partial charge >= 0.3 is 0 Å². The van der Waals surface area contributed by atoms with Crippen LogP contribution in [0.1, 0.15) is 58.8 Å². The number of aromatic nitrogens is 2. The molecule has 1 saturated heterocycles. The maximum Gasteiger partial charge on any atom is 0.243 e. The molecule has 1 amide bonds. The van der Waals surface area contributed by atoms with Crippen LogP contribution in [0.4, 0.5) is 0 Å². The highest BCUT2D eigenvalue weighted by molar-refractivity contribution is 7.91. The van der Waals surface area contributed by atoms with Crippen LogP contribution in [0.15, 0.2) is 4.52 Å². The van der Waals surface area contributed by atoms with Crippen LogP contribution < -0.4 is 5.32 Å². The van der Waals surface area contributed by atoms with Crippen molar-refractivity contribution in [1.29, 1.82) is 0 Å². The summed E-state index contributed by atoms with van der Waals surface area (Å²) in [6.45, 7) is 9.59. The van der Waals surface area contributed by atoms with E-state index in [0.717, 1.165) is 0 Å². The standard InChI is InChI=1S/C16H28N4O4S/c1-10(13-18-15(19-24-13)16(3,4)5)17-11(2)14(21)20(6)12-7-8-25(22,23)9-12/h10-12,17H,7-9H2,1-6H3/t10-,11+,12-/m1/s1. The summed E-state index contributed by atoms with van der Waals surface area (Å²) in [7, 11) is -1.37. The lowest BCUT2D eigenvalue weighted by Gasteiger charge is -2.27. The van der Waals surface area contributed by atoms with Gasteiger partial charge in [-0.05, 0) is 20.3 Å². The van der Waals surface area contributed by atoms with E-state index in [2.05, 4.69) is 15.5 Å². The fourth-order valence-electron chi connectivity index (χ4n) is 2.80. The van der Waals surface area contributed by atoms with Crippen molar-refractivity contribution >= 4 is 15.7 Å². The maximum atomic E-state index is 12.6. The zero-order valence-corrected chi connectivity index (χ0v) is 16.6. The van der Waals surface area contributed by atoms with Gasteiger partial charge in [0.05, 0.1) is 23.6 Å². The summed E-state index contributed by atoms with van der Waals surface area (Å²) in [5.41, 5.74) is -0.211. The molecule has 1 aromatic heterocycles. The summed E-state index contributed by atoms with van der Waals surface area (Å²) in [6.07, 6.45) is 0.492. The molecule has 3 atom stereocenters. The molecule has 142 valence electrons. The van der Waals surface area contributed by atoms with Crippen molar-refractivity contribution in [2.45, 2.75) is 64.6 Å². The van der Waals surface area contributed by atoms with Gasteiger partial charge in [-0.3, -0.25) is 10.1 Å². The Bertz CT molecular complexity index is 723. The first-order chi connectivity index (χ1) is 11.4. The fraction of sp³-hybridized carbons (Fsp3) is 0.812. The van der Waals surface area contributed by atoms with Gasteiger partial charge in [-0.2, -0.15) is 4.98 Å². The summed E-state index contributed by atoms with van der Waals surface area (Å²) in [6, 6.07) is -1.04. The molecule has 25 heavy (non-hydrogen) atoms. The number of amides is 1. The molecule has 0 unspecified atom stereocenters. The van der Waals surface area contributed by atoms with Crippen molar-refractivity contribution in [2.75, 3.05) is 18.6 Å². The first-order valence-electron chi connectivity index (χ1n) is 8.48. The third-order valence-electron chi connectivity index (χ3n) is 4.46. The Morgan fingerprint density at radius 1 is 1.36 bits per heavy atom. The normalized spacial score (nSPS) is 22.6. The van der Waals surface area contributed by atoms with Gasteiger partial charge in [-0.15, -0.1) is 0 Å². The summed E-state index contributed by atoms with van der Waals surface area (Å²) < 4.78 is 28.5. The van der Waals surface area contributed by atoms with Crippen molar-refractivity contribution in [3.63, 3.8) is 0 Å². The quantitative estimate of drug-likeness (QED) is 0.823. The molecule has 0 aromatic carbocycles. The van der Waals surface area contributed by atoms with E-state index in [1.54, 1.807) is 14.0 Å². The topological polar surface area (TPSA) is 105 Å². The van der Waals surface area contributed by atoms with Crippen LogP contribution in [-0.4, -0.2) is 60.0 Å². The van der Waals surface area contributed by atoms with Crippen LogP contribution in [0.5, 0.6) is 0 Å². The average molecular weight is 372 g/mol. The van der Waals surface area contributed by atoms with Crippen LogP contribution >= 0.6 is 0 Å². The Kier molecular flexibility index (Phi) is 5.58. The second kappa shape index (κ2) is 7.03. The first-order valence-corrected chi connectivity index (χ1v) is 10.3. The third-order valence-corrected chi connectivity index (χ3v) is 6.21. The van der Waals surface area contributed by atoms with Gasteiger partial charge in [0.2, 0.25) is 11.8 Å². The number of rotatable bonds is 5. The molecular weight excluding hydrogens is 344 g/mol. The minimum Gasteiger partial charge on any atom is -0.340 e. The Labute approximate surface area is 149 Å². The van der Waals surface area contributed by atoms with E-state index in [1.807, 2.05) is 27.7 Å². The molecule has 1 fully saturated rings. The molecule has 1 aromatic rings. The van der Waals surface area contributed by atoms with E-state index >= 15 is 0 Å². The lowest BCUT2D eigenvalue weighted by molar-refractivity contribution is -0.133. The second-order valence-electron chi connectivity index (χ2n) is 7.82. The molecule has 0 saturated carbocycles. The van der Waals surface area contributed by atoms with Gasteiger partial charge in [0.25, 0.3) is 0 Å². The van der Waals surface area contributed by atoms with Crippen LogP contribution in [-0.2, 0) is 20.0 Å². The van der Waals surface area contributed by atoms with E-state index in [0.29, 0.717) is 18.1 Å². The van der Waals surface area contributed by atoms with E-state index in [4.69, 9.17) is 4.52 Å². The van der Waals surface area contributed by atoms with Crippen LogP contribution in [0.3, 0.4) is 0 Å². The van der Waals surface area contributed by atoms with Gasteiger partial charge < -0.3 is 9.42 Å². The number of carbonyl (C=O) groups is 1. The monoisotopic (exact) mass is 372 g/mol. The first kappa shape index (κ1) is 19.8. The number of hydrogen-bond acceptors (Lipinski definition) is 7. The zero-order valence-electron chi connectivity index (χ0n) is 15.7. The predicted octanol–water partition coefficient (Wildman–Crippen LogP) is 1.05. The Balaban J connectivity index is 1.97. The molecule has 0 bridgehead atoms. The molecule has 9 heteroatoms. The van der Waals surface area contributed by atoms with E-state index in [1.165, 1.54) is 4.90 Å². The average Bonchev–Trinajstić information content (AvgIpc) is 3.11. The van der Waals surface area contributed by atoms with Gasteiger partial charge in [0.1, 0.15) is 0 Å². The third kappa shape index (κ3) is 4.78. The molecule has 1 aliphatic heterocycles. The predicted molar refractivity (Wildman–Crippen MR) is 93.8 cm³/mol. The molecule has 2 heterocycles. The van der Waals surface area contributed by atoms with Gasteiger partial charge in [0.15, 0.2) is 15.7 Å². The second-order valence-corrected chi connectivity index (χ2v) is 10.1. The summed E-state index contributed by atoms with van der Waals surface area (Å²) in [5, 5.41) is 7.14. The SMILES string of the molecule is C[C@H](N[C@H](C)c1nc(C(C)(C)C)no1)C(=O)N(C)[C@@H]1CCS(=O)(=O)C1. The Hall–Kier alpha value is -1.48. The molecule has 0 aliphatic carbocycles. The highest BCUT2D eigenvalue weighted by Gasteiger charge is 2.34. The smallest absolute Gasteiger partial charge is 0.243 e. The van der Waals surface area contributed by atoms with Gasteiger partial charge in [0, 0.05) is 18.5 Å².